The van der Waals surface area contributed by atoms with Crippen molar-refractivity contribution in [3.05, 3.63) is 40.6 Å². The lowest BCUT2D eigenvalue weighted by Crippen LogP contribution is -2.48. The summed E-state index contributed by atoms with van der Waals surface area (Å²) in [5.41, 5.74) is 1.02. The number of anilines is 1. The van der Waals surface area contributed by atoms with Gasteiger partial charge < -0.3 is 4.90 Å². The Labute approximate surface area is 135 Å². The lowest BCUT2D eigenvalue weighted by Gasteiger charge is -2.39. The van der Waals surface area contributed by atoms with E-state index < -0.39 is 0 Å². The Hall–Kier alpha value is -1.30. The van der Waals surface area contributed by atoms with E-state index in [0.717, 1.165) is 40.0 Å². The van der Waals surface area contributed by atoms with E-state index in [9.17, 15) is 0 Å². The minimum absolute atomic E-state index is 0.594. The van der Waals surface area contributed by atoms with Gasteiger partial charge in [-0.15, -0.1) is 0 Å². The Morgan fingerprint density at radius 3 is 2.86 bits per heavy atom. The topological polar surface area (TPSA) is 34.0 Å². The van der Waals surface area contributed by atoms with Gasteiger partial charge in [0.05, 0.1) is 21.4 Å². The molecule has 0 spiro atoms. The molecule has 1 aromatic carbocycles. The Morgan fingerprint density at radius 2 is 2.10 bits per heavy atom. The number of halogens is 2. The van der Waals surface area contributed by atoms with Gasteiger partial charge in [-0.2, -0.15) is 5.10 Å². The average molecular weight is 339 g/mol. The van der Waals surface area contributed by atoms with Crippen LogP contribution < -0.4 is 4.90 Å². The number of nitrogens with zero attached hydrogens (tertiary/aromatic N) is 4. The van der Waals surface area contributed by atoms with Crippen molar-refractivity contribution in [3.63, 3.8) is 0 Å². The first-order chi connectivity index (χ1) is 10.2. The van der Waals surface area contributed by atoms with E-state index in [1.165, 1.54) is 0 Å². The summed E-state index contributed by atoms with van der Waals surface area (Å²) < 4.78 is 3.04. The lowest BCUT2D eigenvalue weighted by atomic mass is 10.0. The van der Waals surface area contributed by atoms with Crippen LogP contribution in [-0.4, -0.2) is 27.9 Å². The molecule has 0 atom stereocenters. The van der Waals surface area contributed by atoms with Gasteiger partial charge in [-0.05, 0) is 18.2 Å². The molecule has 0 bridgehead atoms. The summed E-state index contributed by atoms with van der Waals surface area (Å²) in [5.74, 6) is 0.594. The molecule has 4 nitrogen and oxygen atoms in total. The van der Waals surface area contributed by atoms with Crippen LogP contribution in [0.25, 0.3) is 10.2 Å². The Kier molecular flexibility index (Phi) is 3.28. The highest BCUT2D eigenvalue weighted by Gasteiger charge is 2.29. The molecule has 2 aromatic heterocycles. The maximum Gasteiger partial charge on any atom is 0.186 e. The molecule has 0 unspecified atom stereocenters. The summed E-state index contributed by atoms with van der Waals surface area (Å²) in [4.78, 5) is 6.96. The van der Waals surface area contributed by atoms with Gasteiger partial charge in [-0.3, -0.25) is 4.68 Å². The summed E-state index contributed by atoms with van der Waals surface area (Å²) in [5, 5.41) is 6.74. The Balaban J connectivity index is 1.44. The first kappa shape index (κ1) is 13.4. The fraction of sp³-hybridized carbons (Fsp3) is 0.286. The van der Waals surface area contributed by atoms with E-state index in [4.69, 9.17) is 23.2 Å². The van der Waals surface area contributed by atoms with Crippen LogP contribution in [0.2, 0.25) is 10.0 Å². The van der Waals surface area contributed by atoms with Crippen molar-refractivity contribution in [1.29, 1.82) is 0 Å². The molecule has 7 heteroatoms. The van der Waals surface area contributed by atoms with Crippen LogP contribution in [0.3, 0.4) is 0 Å². The zero-order chi connectivity index (χ0) is 14.4. The molecule has 3 aromatic rings. The van der Waals surface area contributed by atoms with Gasteiger partial charge in [-0.25, -0.2) is 4.98 Å². The molecule has 108 valence electrons. The number of fused-ring (bicyclic) bond motifs is 1. The predicted molar refractivity (Wildman–Crippen MR) is 87.6 cm³/mol. The third-order valence-corrected chi connectivity index (χ3v) is 5.12. The van der Waals surface area contributed by atoms with Crippen molar-refractivity contribution >= 4 is 49.9 Å². The maximum absolute atomic E-state index is 6.02. The molecule has 1 aliphatic heterocycles. The van der Waals surface area contributed by atoms with E-state index in [-0.39, 0.29) is 0 Å². The van der Waals surface area contributed by atoms with Gasteiger partial charge in [-0.1, -0.05) is 34.5 Å². The van der Waals surface area contributed by atoms with Crippen LogP contribution in [0.1, 0.15) is 0 Å². The van der Waals surface area contributed by atoms with Crippen molar-refractivity contribution in [2.75, 3.05) is 18.0 Å². The number of hydrogen-bond donors (Lipinski definition) is 0. The first-order valence-electron chi connectivity index (χ1n) is 6.66. The maximum atomic E-state index is 6.02. The van der Waals surface area contributed by atoms with E-state index in [1.807, 2.05) is 29.1 Å². The SMILES string of the molecule is Clc1ccc2nc(N3CC(Cn4cc(Cl)cn4)C3)sc2c1. The average Bonchev–Trinajstić information content (AvgIpc) is 2.98. The molecule has 1 fully saturated rings. The highest BCUT2D eigenvalue weighted by atomic mass is 35.5. The van der Waals surface area contributed by atoms with Crippen LogP contribution in [0, 0.1) is 5.92 Å². The summed E-state index contributed by atoms with van der Waals surface area (Å²) in [6.07, 6.45) is 3.54. The molecule has 0 N–H and O–H groups in total. The Bertz CT molecular complexity index is 791. The quantitative estimate of drug-likeness (QED) is 0.725. The molecule has 21 heavy (non-hydrogen) atoms. The fourth-order valence-corrected chi connectivity index (χ4v) is 3.98. The van der Waals surface area contributed by atoms with Gasteiger partial charge in [0.15, 0.2) is 5.13 Å². The number of hydrogen-bond acceptors (Lipinski definition) is 4. The largest absolute Gasteiger partial charge is 0.347 e. The van der Waals surface area contributed by atoms with E-state index in [0.29, 0.717) is 10.9 Å². The third-order valence-electron chi connectivity index (χ3n) is 3.61. The van der Waals surface area contributed by atoms with Crippen molar-refractivity contribution in [3.8, 4) is 0 Å². The molecule has 0 amide bonds. The molecule has 3 heterocycles. The fourth-order valence-electron chi connectivity index (χ4n) is 2.57. The summed E-state index contributed by atoms with van der Waals surface area (Å²) in [7, 11) is 0. The third kappa shape index (κ3) is 2.61. The van der Waals surface area contributed by atoms with Crippen LogP contribution in [0.4, 0.5) is 5.13 Å². The monoisotopic (exact) mass is 338 g/mol. The van der Waals surface area contributed by atoms with Crippen molar-refractivity contribution in [2.45, 2.75) is 6.54 Å². The molecule has 0 radical (unpaired) electrons. The smallest absolute Gasteiger partial charge is 0.186 e. The minimum Gasteiger partial charge on any atom is -0.347 e. The zero-order valence-electron chi connectivity index (χ0n) is 11.0. The van der Waals surface area contributed by atoms with Crippen molar-refractivity contribution < 1.29 is 0 Å². The van der Waals surface area contributed by atoms with E-state index >= 15 is 0 Å². The molecule has 1 saturated heterocycles. The molecule has 1 aliphatic rings. The predicted octanol–water partition coefficient (Wildman–Crippen LogP) is 3.94. The minimum atomic E-state index is 0.594. The number of benzene rings is 1. The number of thiazole rings is 1. The van der Waals surface area contributed by atoms with Gasteiger partial charge in [0.1, 0.15) is 0 Å². The van der Waals surface area contributed by atoms with Gasteiger partial charge >= 0.3 is 0 Å². The highest BCUT2D eigenvalue weighted by molar-refractivity contribution is 7.22. The van der Waals surface area contributed by atoms with Gasteiger partial charge in [0.25, 0.3) is 0 Å². The normalized spacial score (nSPS) is 15.6. The van der Waals surface area contributed by atoms with Crippen LogP contribution in [0.5, 0.6) is 0 Å². The van der Waals surface area contributed by atoms with Crippen LogP contribution in [0.15, 0.2) is 30.6 Å². The highest BCUT2D eigenvalue weighted by Crippen LogP contribution is 2.34. The van der Waals surface area contributed by atoms with Crippen molar-refractivity contribution in [2.24, 2.45) is 5.92 Å². The Morgan fingerprint density at radius 1 is 1.24 bits per heavy atom. The standard InChI is InChI=1S/C14H12Cl2N4S/c15-10-1-2-12-13(3-10)21-14(18-12)19-5-9(6-19)7-20-8-11(16)4-17-20/h1-4,8-9H,5-7H2. The summed E-state index contributed by atoms with van der Waals surface area (Å²) in [6, 6.07) is 5.83. The second-order valence-corrected chi connectivity index (χ2v) is 7.14. The molecule has 4 rings (SSSR count). The van der Waals surface area contributed by atoms with Gasteiger partial charge in [0, 0.05) is 36.8 Å². The van der Waals surface area contributed by atoms with Crippen molar-refractivity contribution in [1.82, 2.24) is 14.8 Å². The zero-order valence-corrected chi connectivity index (χ0v) is 13.4. The van der Waals surface area contributed by atoms with Gasteiger partial charge in [0.2, 0.25) is 0 Å². The number of rotatable bonds is 3. The molecular weight excluding hydrogens is 327 g/mol. The number of aromatic nitrogens is 3. The molecule has 0 saturated carbocycles. The summed E-state index contributed by atoms with van der Waals surface area (Å²) >= 11 is 13.6. The summed E-state index contributed by atoms with van der Waals surface area (Å²) in [6.45, 7) is 2.91. The second-order valence-electron chi connectivity index (χ2n) is 5.26. The van der Waals surface area contributed by atoms with Crippen LogP contribution >= 0.6 is 34.5 Å². The van der Waals surface area contributed by atoms with E-state index in [2.05, 4.69) is 15.0 Å². The van der Waals surface area contributed by atoms with Crippen LogP contribution in [-0.2, 0) is 6.54 Å². The molecular formula is C14H12Cl2N4S. The van der Waals surface area contributed by atoms with E-state index in [1.54, 1.807) is 17.5 Å². The first-order valence-corrected chi connectivity index (χ1v) is 8.23. The molecule has 0 aliphatic carbocycles. The lowest BCUT2D eigenvalue weighted by molar-refractivity contribution is 0.342. The second kappa shape index (κ2) is 5.16.